The number of anilines is 2. The van der Waals surface area contributed by atoms with Crippen LogP contribution in [-0.4, -0.2) is 17.6 Å². The molecule has 2 rings (SSSR count). The number of hydrogen-bond donors (Lipinski definition) is 2. The molecule has 0 unspecified atom stereocenters. The predicted molar refractivity (Wildman–Crippen MR) is 105 cm³/mol. The minimum atomic E-state index is -0.729. The number of benzene rings is 2. The maximum Gasteiger partial charge on any atom is 0.412 e. The van der Waals surface area contributed by atoms with Crippen molar-refractivity contribution >= 4 is 29.5 Å². The van der Waals surface area contributed by atoms with E-state index in [1.54, 1.807) is 45.0 Å². The molecule has 6 nitrogen and oxygen atoms in total. The summed E-state index contributed by atoms with van der Waals surface area (Å²) < 4.78 is 18.8. The molecule has 2 amide bonds. The molecule has 0 saturated carbocycles. The second-order valence-electron chi connectivity index (χ2n) is 6.84. The summed E-state index contributed by atoms with van der Waals surface area (Å²) in [5.41, 5.74) is 0.560. The summed E-state index contributed by atoms with van der Waals surface area (Å²) in [6.07, 6.45) is 1.97. The Hall–Kier alpha value is -3.66. The molecule has 7 heteroatoms. The van der Waals surface area contributed by atoms with Gasteiger partial charge in [-0.15, -0.1) is 0 Å². The van der Waals surface area contributed by atoms with E-state index in [9.17, 15) is 14.0 Å². The Morgan fingerprint density at radius 2 is 1.82 bits per heavy atom. The highest BCUT2D eigenvalue weighted by Crippen LogP contribution is 2.24. The van der Waals surface area contributed by atoms with Crippen LogP contribution in [0.15, 0.2) is 48.5 Å². The summed E-state index contributed by atoms with van der Waals surface area (Å²) >= 11 is 0. The highest BCUT2D eigenvalue weighted by atomic mass is 19.1. The fourth-order valence-electron chi connectivity index (χ4n) is 2.23. The fraction of sp³-hybridized carbons (Fsp3) is 0.190. The van der Waals surface area contributed by atoms with Crippen molar-refractivity contribution in [3.63, 3.8) is 0 Å². The number of nitrogens with one attached hydrogen (secondary N) is 2. The maximum absolute atomic E-state index is 13.6. The summed E-state index contributed by atoms with van der Waals surface area (Å²) in [4.78, 5) is 24.2. The van der Waals surface area contributed by atoms with Gasteiger partial charge in [0.05, 0.1) is 23.0 Å². The molecule has 2 aromatic carbocycles. The zero-order valence-electron chi connectivity index (χ0n) is 15.7. The van der Waals surface area contributed by atoms with E-state index in [1.165, 1.54) is 18.2 Å². The molecule has 0 aliphatic heterocycles. The van der Waals surface area contributed by atoms with Crippen molar-refractivity contribution in [2.45, 2.75) is 26.4 Å². The van der Waals surface area contributed by atoms with Gasteiger partial charge in [0, 0.05) is 6.08 Å². The number of rotatable bonds is 4. The number of hydrogen-bond acceptors (Lipinski definition) is 4. The molecule has 0 bridgehead atoms. The first kappa shape index (κ1) is 20.6. The quantitative estimate of drug-likeness (QED) is 0.751. The van der Waals surface area contributed by atoms with Gasteiger partial charge in [-0.25, -0.2) is 9.18 Å². The predicted octanol–water partition coefficient (Wildman–Crippen LogP) is 4.70. The molecule has 0 spiro atoms. The van der Waals surface area contributed by atoms with Crippen molar-refractivity contribution in [3.8, 4) is 6.07 Å². The van der Waals surface area contributed by atoms with Crippen LogP contribution >= 0.6 is 0 Å². The highest BCUT2D eigenvalue weighted by molar-refractivity contribution is 6.05. The summed E-state index contributed by atoms with van der Waals surface area (Å²) in [6, 6.07) is 12.4. The lowest BCUT2D eigenvalue weighted by molar-refractivity contribution is -0.111. The Kier molecular flexibility index (Phi) is 6.51. The van der Waals surface area contributed by atoms with E-state index in [-0.39, 0.29) is 11.4 Å². The number of nitrogens with zero attached hydrogens (tertiary/aromatic N) is 1. The summed E-state index contributed by atoms with van der Waals surface area (Å²) in [7, 11) is 0. The Morgan fingerprint density at radius 3 is 2.50 bits per heavy atom. The van der Waals surface area contributed by atoms with Crippen molar-refractivity contribution in [2.24, 2.45) is 0 Å². The zero-order chi connectivity index (χ0) is 20.7. The molecule has 0 aromatic heterocycles. The number of halogens is 1. The Balaban J connectivity index is 2.15. The van der Waals surface area contributed by atoms with Crippen LogP contribution in [0, 0.1) is 17.1 Å². The first-order chi connectivity index (χ1) is 13.2. The van der Waals surface area contributed by atoms with Gasteiger partial charge in [-0.1, -0.05) is 18.2 Å². The van der Waals surface area contributed by atoms with Crippen molar-refractivity contribution in [1.29, 1.82) is 5.26 Å². The number of ether oxygens (including phenoxy) is 1. The van der Waals surface area contributed by atoms with Crippen LogP contribution in [0.3, 0.4) is 0 Å². The smallest absolute Gasteiger partial charge is 0.412 e. The van der Waals surface area contributed by atoms with Crippen molar-refractivity contribution in [1.82, 2.24) is 0 Å². The van der Waals surface area contributed by atoms with Crippen LogP contribution in [0.5, 0.6) is 0 Å². The van der Waals surface area contributed by atoms with Gasteiger partial charge in [0.1, 0.15) is 11.4 Å². The van der Waals surface area contributed by atoms with Gasteiger partial charge in [-0.05, 0) is 56.7 Å². The topological polar surface area (TPSA) is 91.2 Å². The second kappa shape index (κ2) is 8.82. The standard InChI is InChI=1S/C21H20FN3O3/c1-21(2,3)28-20(27)25-17-10-9-16(22)12-18(17)24-19(26)11-8-14-6-4-5-7-15(14)13-23/h4-12H,1-3H3,(H,24,26)(H,25,27)/b11-8+. The molecule has 28 heavy (non-hydrogen) atoms. The normalized spacial score (nSPS) is 11.0. The molecule has 0 aliphatic rings. The average molecular weight is 381 g/mol. The van der Waals surface area contributed by atoms with E-state index in [2.05, 4.69) is 10.6 Å². The van der Waals surface area contributed by atoms with E-state index < -0.39 is 23.4 Å². The van der Waals surface area contributed by atoms with Crippen LogP contribution in [0.1, 0.15) is 31.9 Å². The molecule has 2 N–H and O–H groups in total. The van der Waals surface area contributed by atoms with E-state index in [0.29, 0.717) is 11.1 Å². The van der Waals surface area contributed by atoms with Crippen LogP contribution in [0.2, 0.25) is 0 Å². The van der Waals surface area contributed by atoms with Crippen molar-refractivity contribution < 1.29 is 18.7 Å². The van der Waals surface area contributed by atoms with Crippen LogP contribution in [0.25, 0.3) is 6.08 Å². The lowest BCUT2D eigenvalue weighted by atomic mass is 10.1. The third-order valence-electron chi connectivity index (χ3n) is 3.37. The summed E-state index contributed by atoms with van der Waals surface area (Å²) in [5, 5.41) is 14.1. The Morgan fingerprint density at radius 1 is 1.11 bits per heavy atom. The van der Waals surface area contributed by atoms with E-state index in [4.69, 9.17) is 10.00 Å². The van der Waals surface area contributed by atoms with Gasteiger partial charge >= 0.3 is 6.09 Å². The monoisotopic (exact) mass is 381 g/mol. The van der Waals surface area contributed by atoms with Gasteiger partial charge in [-0.3, -0.25) is 10.1 Å². The number of carbonyl (C=O) groups is 2. The Bertz CT molecular complexity index is 956. The molecule has 0 fully saturated rings. The summed E-state index contributed by atoms with van der Waals surface area (Å²) in [6.45, 7) is 5.14. The van der Waals surface area contributed by atoms with Crippen LogP contribution in [0.4, 0.5) is 20.6 Å². The van der Waals surface area contributed by atoms with Crippen LogP contribution in [-0.2, 0) is 9.53 Å². The van der Waals surface area contributed by atoms with Gasteiger partial charge in [-0.2, -0.15) is 5.26 Å². The lowest BCUT2D eigenvalue weighted by Gasteiger charge is -2.20. The van der Waals surface area contributed by atoms with Crippen molar-refractivity contribution in [3.05, 3.63) is 65.5 Å². The number of nitriles is 1. The van der Waals surface area contributed by atoms with Crippen LogP contribution < -0.4 is 10.6 Å². The number of carbonyl (C=O) groups excluding carboxylic acids is 2. The first-order valence-corrected chi connectivity index (χ1v) is 8.46. The van der Waals surface area contributed by atoms with Gasteiger partial charge in [0.25, 0.3) is 0 Å². The molecule has 0 saturated heterocycles. The second-order valence-corrected chi connectivity index (χ2v) is 6.84. The number of amides is 2. The fourth-order valence-corrected chi connectivity index (χ4v) is 2.23. The average Bonchev–Trinajstić information content (AvgIpc) is 2.61. The minimum Gasteiger partial charge on any atom is -0.444 e. The van der Waals surface area contributed by atoms with E-state index in [1.807, 2.05) is 6.07 Å². The third kappa shape index (κ3) is 6.25. The van der Waals surface area contributed by atoms with Gasteiger partial charge < -0.3 is 10.1 Å². The molecule has 0 aliphatic carbocycles. The molecule has 144 valence electrons. The molecular weight excluding hydrogens is 361 g/mol. The van der Waals surface area contributed by atoms with Gasteiger partial charge in [0.15, 0.2) is 0 Å². The molecular formula is C21H20FN3O3. The SMILES string of the molecule is CC(C)(C)OC(=O)Nc1ccc(F)cc1NC(=O)/C=C/c1ccccc1C#N. The Labute approximate surface area is 162 Å². The highest BCUT2D eigenvalue weighted by Gasteiger charge is 2.17. The zero-order valence-corrected chi connectivity index (χ0v) is 15.7. The first-order valence-electron chi connectivity index (χ1n) is 8.46. The molecule has 2 aromatic rings. The minimum absolute atomic E-state index is 0.0778. The molecule has 0 heterocycles. The van der Waals surface area contributed by atoms with Crippen molar-refractivity contribution in [2.75, 3.05) is 10.6 Å². The third-order valence-corrected chi connectivity index (χ3v) is 3.37. The molecule has 0 atom stereocenters. The van der Waals surface area contributed by atoms with E-state index >= 15 is 0 Å². The van der Waals surface area contributed by atoms with E-state index in [0.717, 1.165) is 12.1 Å². The van der Waals surface area contributed by atoms with Gasteiger partial charge in [0.2, 0.25) is 5.91 Å². The maximum atomic E-state index is 13.6. The summed E-state index contributed by atoms with van der Waals surface area (Å²) in [5.74, 6) is -1.13. The molecule has 0 radical (unpaired) electrons. The largest absolute Gasteiger partial charge is 0.444 e. The lowest BCUT2D eigenvalue weighted by Crippen LogP contribution is -2.27.